The molecule has 0 aromatic heterocycles. The maximum Gasteiger partial charge on any atom is 0.410 e. The normalized spacial score (nSPS) is 24.1. The summed E-state index contributed by atoms with van der Waals surface area (Å²) in [7, 11) is 3.29. The molecule has 13 nitrogen and oxygen atoms in total. The zero-order valence-corrected chi connectivity index (χ0v) is 41.5. The summed E-state index contributed by atoms with van der Waals surface area (Å²) in [5, 5.41) is -0.0399. The van der Waals surface area contributed by atoms with Crippen molar-refractivity contribution in [2.45, 2.75) is 175 Å². The van der Waals surface area contributed by atoms with Gasteiger partial charge in [-0.3, -0.25) is 4.90 Å². The van der Waals surface area contributed by atoms with Crippen molar-refractivity contribution in [1.29, 1.82) is 0 Å². The minimum Gasteiger partial charge on any atom is -0.456 e. The second-order valence-corrected chi connectivity index (χ2v) is 25.2. The quantitative estimate of drug-likeness (QED) is 0.0603. The molecule has 0 N–H and O–H groups in total. The van der Waals surface area contributed by atoms with E-state index in [-0.39, 0.29) is 36.3 Å². The van der Waals surface area contributed by atoms with Crippen molar-refractivity contribution in [2.75, 3.05) is 34.4 Å². The summed E-state index contributed by atoms with van der Waals surface area (Å²) in [6.45, 7) is 33.9. The summed E-state index contributed by atoms with van der Waals surface area (Å²) in [6, 6.07) is 8.07. The van der Waals surface area contributed by atoms with Gasteiger partial charge in [0.1, 0.15) is 11.4 Å². The summed E-state index contributed by atoms with van der Waals surface area (Å²) < 4.78 is 51.1. The third kappa shape index (κ3) is 13.9. The number of carbonyl (C=O) groups is 3. The van der Waals surface area contributed by atoms with Crippen LogP contribution in [-0.4, -0.2) is 124 Å². The van der Waals surface area contributed by atoms with Crippen molar-refractivity contribution in [2.24, 2.45) is 11.8 Å². The molecule has 3 rings (SSSR count). The van der Waals surface area contributed by atoms with Crippen LogP contribution in [0.1, 0.15) is 113 Å². The molecular formula is C47H78N2O11Si. The van der Waals surface area contributed by atoms with Crippen LogP contribution in [0.3, 0.4) is 0 Å². The fourth-order valence-electron chi connectivity index (χ4n) is 7.67. The number of cyclic esters (lactones) is 1. The Morgan fingerprint density at radius 3 is 2.16 bits per heavy atom. The molecule has 9 atom stereocenters. The molecule has 2 heterocycles. The standard InChI is InChI=1S/C47H78N2O11Si/c1-20-35(29-54-61(18,19)45(9,10)11)49(43(52)60-44(6,7)8)28-30(2)27-47(14,53-17)39(32(4)37-33(5)40(50)59-46(12,13)58-37)57-42-38(36(48(15)16)26-31(3)55-42)56-41(51)34-24-22-21-23-25-34/h20-25,30-32,35-36,38-39,42H,1,26-29H2,2-19H3/t30?,31-,32?,35?,36+,38-,39?,42+,47?/m1/s1. The summed E-state index contributed by atoms with van der Waals surface area (Å²) in [4.78, 5) is 44.7. The van der Waals surface area contributed by atoms with Crippen LogP contribution < -0.4 is 0 Å². The molecule has 61 heavy (non-hydrogen) atoms. The predicted octanol–water partition coefficient (Wildman–Crippen LogP) is 9.13. The van der Waals surface area contributed by atoms with E-state index >= 15 is 0 Å². The molecule has 346 valence electrons. The van der Waals surface area contributed by atoms with Gasteiger partial charge in [0.15, 0.2) is 20.7 Å². The number of benzene rings is 1. The van der Waals surface area contributed by atoms with Crippen LogP contribution in [0.25, 0.3) is 0 Å². The number of nitrogens with zero attached hydrogens (tertiary/aromatic N) is 2. The van der Waals surface area contributed by atoms with Crippen LogP contribution in [-0.2, 0) is 42.4 Å². The van der Waals surface area contributed by atoms with Crippen LogP contribution in [0.15, 0.2) is 54.3 Å². The summed E-state index contributed by atoms with van der Waals surface area (Å²) in [6.07, 6.45) is -0.842. The van der Waals surface area contributed by atoms with E-state index < -0.39 is 73.8 Å². The van der Waals surface area contributed by atoms with E-state index in [4.69, 9.17) is 37.6 Å². The number of rotatable bonds is 18. The van der Waals surface area contributed by atoms with Gasteiger partial charge in [0.25, 0.3) is 0 Å². The highest BCUT2D eigenvalue weighted by Crippen LogP contribution is 2.42. The number of hydrogen-bond acceptors (Lipinski definition) is 12. The highest BCUT2D eigenvalue weighted by atomic mass is 28.4. The zero-order valence-electron chi connectivity index (χ0n) is 40.5. The first kappa shape index (κ1) is 52.1. The molecule has 0 bridgehead atoms. The first-order valence-electron chi connectivity index (χ1n) is 21.6. The number of esters is 2. The number of ether oxygens (including phenoxy) is 7. The Morgan fingerprint density at radius 1 is 1.03 bits per heavy atom. The van der Waals surface area contributed by atoms with Crippen LogP contribution in [0, 0.1) is 11.8 Å². The van der Waals surface area contributed by atoms with Crippen molar-refractivity contribution < 1.29 is 52.0 Å². The number of hydrogen-bond donors (Lipinski definition) is 0. The van der Waals surface area contributed by atoms with E-state index in [0.717, 1.165) is 0 Å². The van der Waals surface area contributed by atoms with E-state index in [1.165, 1.54) is 0 Å². The van der Waals surface area contributed by atoms with Crippen LogP contribution in [0.4, 0.5) is 4.79 Å². The average Bonchev–Trinajstić information content (AvgIpc) is 3.14. The average molecular weight is 875 g/mol. The molecule has 1 aromatic carbocycles. The maximum atomic E-state index is 14.1. The lowest BCUT2D eigenvalue weighted by Crippen LogP contribution is -2.60. The second-order valence-electron chi connectivity index (χ2n) is 20.4. The lowest BCUT2D eigenvalue weighted by atomic mass is 9.80. The third-order valence-corrected chi connectivity index (χ3v) is 16.6. The van der Waals surface area contributed by atoms with Gasteiger partial charge in [0.2, 0.25) is 5.79 Å². The van der Waals surface area contributed by atoms with Crippen LogP contribution >= 0.6 is 0 Å². The number of amides is 1. The Hall–Kier alpha value is -3.27. The first-order valence-corrected chi connectivity index (χ1v) is 24.5. The second kappa shape index (κ2) is 20.5. The summed E-state index contributed by atoms with van der Waals surface area (Å²) >= 11 is 0. The topological polar surface area (TPSA) is 132 Å². The Morgan fingerprint density at radius 2 is 1.64 bits per heavy atom. The van der Waals surface area contributed by atoms with Gasteiger partial charge in [-0.2, -0.15) is 0 Å². The maximum absolute atomic E-state index is 14.1. The van der Waals surface area contributed by atoms with Gasteiger partial charge < -0.3 is 42.5 Å². The molecule has 0 aliphatic carbocycles. The van der Waals surface area contributed by atoms with Gasteiger partial charge in [0, 0.05) is 33.4 Å². The number of likely N-dealkylation sites (N-methyl/N-ethyl adjacent to an activating group) is 1. The molecular weight excluding hydrogens is 797 g/mol. The van der Waals surface area contributed by atoms with Crippen molar-refractivity contribution in [3.05, 3.63) is 59.9 Å². The molecule has 1 aromatic rings. The molecule has 0 radical (unpaired) electrons. The molecule has 0 spiro atoms. The number of carbonyl (C=O) groups excluding carboxylic acids is 3. The van der Waals surface area contributed by atoms with Gasteiger partial charge >= 0.3 is 18.0 Å². The minimum absolute atomic E-state index is 0.0399. The summed E-state index contributed by atoms with van der Waals surface area (Å²) in [5.41, 5.74) is -1.16. The predicted molar refractivity (Wildman–Crippen MR) is 239 cm³/mol. The van der Waals surface area contributed by atoms with E-state index in [0.29, 0.717) is 29.7 Å². The fraction of sp³-hybridized carbons (Fsp3) is 0.723. The van der Waals surface area contributed by atoms with E-state index in [1.807, 2.05) is 73.5 Å². The molecule has 2 aliphatic heterocycles. The molecule has 1 saturated heterocycles. The van der Waals surface area contributed by atoms with E-state index in [9.17, 15) is 14.4 Å². The Balaban J connectivity index is 2.13. The van der Waals surface area contributed by atoms with Gasteiger partial charge in [-0.25, -0.2) is 14.4 Å². The van der Waals surface area contributed by atoms with Gasteiger partial charge in [-0.1, -0.05) is 58.9 Å². The Labute approximate surface area is 367 Å². The highest BCUT2D eigenvalue weighted by Gasteiger charge is 2.51. The van der Waals surface area contributed by atoms with Crippen LogP contribution in [0.5, 0.6) is 0 Å². The Kier molecular flexibility index (Phi) is 17.5. The SMILES string of the molecule is C=CC(CO[Si](C)(C)C(C)(C)C)N(CC(C)CC(C)(OC)C(O[C@@H]1O[C@H](C)C[C@H](N(C)C)[C@H]1OC(=O)c1ccccc1)C(C)C1=C(C)C(=O)OC(C)(C)O1)C(=O)OC(C)(C)C. The van der Waals surface area contributed by atoms with Gasteiger partial charge in [-0.15, -0.1) is 6.58 Å². The van der Waals surface area contributed by atoms with Gasteiger partial charge in [0.05, 0.1) is 47.6 Å². The van der Waals surface area contributed by atoms with Crippen molar-refractivity contribution in [1.82, 2.24) is 9.80 Å². The van der Waals surface area contributed by atoms with Crippen LogP contribution in [0.2, 0.25) is 18.1 Å². The van der Waals surface area contributed by atoms with Gasteiger partial charge in [-0.05, 0) is 105 Å². The third-order valence-electron chi connectivity index (χ3n) is 12.1. The molecule has 14 heteroatoms. The lowest BCUT2D eigenvalue weighted by molar-refractivity contribution is -0.298. The largest absolute Gasteiger partial charge is 0.456 e. The Bertz CT molecular complexity index is 1680. The monoisotopic (exact) mass is 875 g/mol. The zero-order chi connectivity index (χ0) is 46.5. The molecule has 1 fully saturated rings. The molecule has 1 amide bonds. The lowest BCUT2D eigenvalue weighted by Gasteiger charge is -2.48. The summed E-state index contributed by atoms with van der Waals surface area (Å²) in [5.74, 6) is -2.71. The molecule has 5 unspecified atom stereocenters. The van der Waals surface area contributed by atoms with Crippen molar-refractivity contribution in [3.8, 4) is 0 Å². The van der Waals surface area contributed by atoms with Crippen molar-refractivity contribution >= 4 is 26.3 Å². The van der Waals surface area contributed by atoms with E-state index in [2.05, 4.69) is 40.4 Å². The number of methoxy groups -OCH3 is 1. The van der Waals surface area contributed by atoms with E-state index in [1.54, 1.807) is 63.1 Å². The fourth-order valence-corrected chi connectivity index (χ4v) is 8.69. The smallest absolute Gasteiger partial charge is 0.410 e. The minimum atomic E-state index is -2.19. The molecule has 2 aliphatic rings. The molecule has 0 saturated carbocycles. The first-order chi connectivity index (χ1) is 28.0. The highest BCUT2D eigenvalue weighted by molar-refractivity contribution is 6.74. The van der Waals surface area contributed by atoms with Crippen molar-refractivity contribution in [3.63, 3.8) is 0 Å².